The Bertz CT molecular complexity index is 1150. The Morgan fingerprint density at radius 2 is 1.70 bits per heavy atom. The van der Waals surface area contributed by atoms with Crippen molar-refractivity contribution in [3.05, 3.63) is 88.2 Å². The van der Waals surface area contributed by atoms with Crippen molar-refractivity contribution >= 4 is 46.5 Å². The van der Waals surface area contributed by atoms with Crippen LogP contribution in [-0.4, -0.2) is 22.1 Å². The van der Waals surface area contributed by atoms with Gasteiger partial charge in [0.05, 0.1) is 0 Å². The van der Waals surface area contributed by atoms with Crippen LogP contribution in [0.5, 0.6) is 5.75 Å². The van der Waals surface area contributed by atoms with Crippen LogP contribution in [0.3, 0.4) is 0 Å². The third kappa shape index (κ3) is 3.65. The van der Waals surface area contributed by atoms with E-state index in [0.717, 1.165) is 26.7 Å². The zero-order valence-electron chi connectivity index (χ0n) is 14.4. The van der Waals surface area contributed by atoms with Gasteiger partial charge in [-0.2, -0.15) is 0 Å². The molecule has 5 heteroatoms. The van der Waals surface area contributed by atoms with Crippen molar-refractivity contribution in [1.29, 1.82) is 0 Å². The molecule has 3 aromatic carbocycles. The molecule has 3 nitrogen and oxygen atoms in total. The van der Waals surface area contributed by atoms with Crippen LogP contribution in [-0.2, 0) is 0 Å². The number of methoxy groups -OCH3 is 1. The second-order valence-electron chi connectivity index (χ2n) is 5.88. The van der Waals surface area contributed by atoms with Crippen LogP contribution in [0.4, 0.5) is 0 Å². The molecule has 0 radical (unpaired) electrons. The minimum absolute atomic E-state index is 0.229. The van der Waals surface area contributed by atoms with Gasteiger partial charge in [0.2, 0.25) is 0 Å². The van der Waals surface area contributed by atoms with Gasteiger partial charge in [-0.3, -0.25) is 0 Å². The molecule has 4 aromatic rings. The SMILES string of the molecule is COc1ccc2oc(=O)c([Se]c3ccc(Cl)cc3)c(-c3ccccc3)c2c1. The summed E-state index contributed by atoms with van der Waals surface area (Å²) in [4.78, 5) is 12.8. The molecule has 0 amide bonds. The zero-order valence-corrected chi connectivity index (χ0v) is 16.9. The molecule has 0 aliphatic rings. The molecule has 4 rings (SSSR count). The summed E-state index contributed by atoms with van der Waals surface area (Å²) in [6, 6.07) is 23.0. The van der Waals surface area contributed by atoms with Gasteiger partial charge in [-0.15, -0.1) is 0 Å². The Morgan fingerprint density at radius 1 is 0.963 bits per heavy atom. The van der Waals surface area contributed by atoms with Gasteiger partial charge < -0.3 is 0 Å². The third-order valence-electron chi connectivity index (χ3n) is 4.17. The number of hydrogen-bond donors (Lipinski definition) is 0. The third-order valence-corrected chi connectivity index (χ3v) is 6.69. The molecular weight excluding hydrogens is 427 g/mol. The molecule has 0 bridgehead atoms. The van der Waals surface area contributed by atoms with E-state index in [2.05, 4.69) is 0 Å². The summed E-state index contributed by atoms with van der Waals surface area (Å²) in [6.07, 6.45) is 0. The maximum atomic E-state index is 12.8. The first-order valence-corrected chi connectivity index (χ1v) is 10.4. The summed E-state index contributed by atoms with van der Waals surface area (Å²) in [7, 11) is 1.63. The van der Waals surface area contributed by atoms with Gasteiger partial charge in [-0.05, 0) is 0 Å². The standard InChI is InChI=1S/C22H15ClO3Se/c1-25-16-9-12-19-18(13-16)20(14-5-3-2-4-6-14)21(22(24)26-19)27-17-10-7-15(23)8-11-17/h2-13H,1H3. The summed E-state index contributed by atoms with van der Waals surface area (Å²) >= 11 is 5.77. The predicted octanol–water partition coefficient (Wildman–Crippen LogP) is 3.78. The van der Waals surface area contributed by atoms with Crippen molar-refractivity contribution in [2.75, 3.05) is 7.11 Å². The molecule has 0 aliphatic heterocycles. The summed E-state index contributed by atoms with van der Waals surface area (Å²) in [5.74, 6) is 0.721. The van der Waals surface area contributed by atoms with E-state index in [9.17, 15) is 4.79 Å². The van der Waals surface area contributed by atoms with Crippen LogP contribution in [0.2, 0.25) is 5.02 Å². The van der Waals surface area contributed by atoms with E-state index in [0.29, 0.717) is 15.1 Å². The molecule has 0 saturated heterocycles. The van der Waals surface area contributed by atoms with E-state index in [1.807, 2.05) is 60.7 Å². The van der Waals surface area contributed by atoms with Gasteiger partial charge in [0, 0.05) is 0 Å². The normalized spacial score (nSPS) is 10.9. The van der Waals surface area contributed by atoms with E-state index in [4.69, 9.17) is 20.8 Å². The monoisotopic (exact) mass is 442 g/mol. The van der Waals surface area contributed by atoms with Crippen LogP contribution in [0, 0.1) is 0 Å². The molecule has 0 spiro atoms. The summed E-state index contributed by atoms with van der Waals surface area (Å²) in [5.41, 5.74) is 2.13. The Kier molecular flexibility index (Phi) is 5.04. The number of benzene rings is 3. The Morgan fingerprint density at radius 3 is 2.41 bits per heavy atom. The van der Waals surface area contributed by atoms with E-state index >= 15 is 0 Å². The van der Waals surface area contributed by atoms with E-state index < -0.39 is 0 Å². The average Bonchev–Trinajstić information content (AvgIpc) is 2.70. The van der Waals surface area contributed by atoms with Gasteiger partial charge in [0.15, 0.2) is 0 Å². The predicted molar refractivity (Wildman–Crippen MR) is 111 cm³/mol. The van der Waals surface area contributed by atoms with Crippen molar-refractivity contribution in [3.63, 3.8) is 0 Å². The fraction of sp³-hybridized carbons (Fsp3) is 0.0455. The molecule has 27 heavy (non-hydrogen) atoms. The van der Waals surface area contributed by atoms with Gasteiger partial charge in [-0.25, -0.2) is 0 Å². The van der Waals surface area contributed by atoms with Gasteiger partial charge >= 0.3 is 168 Å². The Labute approximate surface area is 167 Å². The second kappa shape index (κ2) is 7.61. The summed E-state index contributed by atoms with van der Waals surface area (Å²) in [5, 5.41) is 1.54. The topological polar surface area (TPSA) is 39.4 Å². The van der Waals surface area contributed by atoms with Crippen molar-refractivity contribution in [2.45, 2.75) is 0 Å². The quantitative estimate of drug-likeness (QED) is 0.357. The fourth-order valence-electron chi connectivity index (χ4n) is 2.90. The first-order chi connectivity index (χ1) is 13.2. The van der Waals surface area contributed by atoms with Crippen LogP contribution >= 0.6 is 11.6 Å². The number of rotatable bonds is 4. The maximum absolute atomic E-state index is 12.8. The van der Waals surface area contributed by atoms with Crippen molar-refractivity contribution in [2.24, 2.45) is 0 Å². The van der Waals surface area contributed by atoms with Crippen LogP contribution in [0.25, 0.3) is 22.1 Å². The summed E-state index contributed by atoms with van der Waals surface area (Å²) < 4.78 is 12.7. The first kappa shape index (κ1) is 17.9. The van der Waals surface area contributed by atoms with Gasteiger partial charge in [0.1, 0.15) is 0 Å². The number of hydrogen-bond acceptors (Lipinski definition) is 3. The molecule has 1 aromatic heterocycles. The first-order valence-electron chi connectivity index (χ1n) is 8.29. The van der Waals surface area contributed by atoms with Crippen LogP contribution in [0.1, 0.15) is 0 Å². The molecule has 1 heterocycles. The summed E-state index contributed by atoms with van der Waals surface area (Å²) in [6.45, 7) is 0. The second-order valence-corrected chi connectivity index (χ2v) is 8.59. The van der Waals surface area contributed by atoms with Crippen molar-refractivity contribution in [3.8, 4) is 16.9 Å². The van der Waals surface area contributed by atoms with Crippen LogP contribution in [0.15, 0.2) is 82.0 Å². The van der Waals surface area contributed by atoms with Crippen LogP contribution < -0.4 is 19.3 Å². The molecular formula is C22H15ClO3Se. The van der Waals surface area contributed by atoms with Crippen molar-refractivity contribution < 1.29 is 9.15 Å². The Balaban J connectivity index is 2.00. The average molecular weight is 442 g/mol. The molecule has 0 fully saturated rings. The van der Waals surface area contributed by atoms with E-state index in [1.165, 1.54) is 0 Å². The molecule has 0 saturated carbocycles. The minimum atomic E-state index is -0.304. The Hall–Kier alpha value is -2.52. The van der Waals surface area contributed by atoms with Gasteiger partial charge in [-0.1, -0.05) is 0 Å². The number of fused-ring (bicyclic) bond motifs is 1. The molecule has 0 unspecified atom stereocenters. The van der Waals surface area contributed by atoms with E-state index in [1.54, 1.807) is 19.2 Å². The van der Waals surface area contributed by atoms with Crippen molar-refractivity contribution in [1.82, 2.24) is 0 Å². The molecule has 0 aliphatic carbocycles. The van der Waals surface area contributed by atoms with Gasteiger partial charge in [0.25, 0.3) is 0 Å². The molecule has 0 atom stereocenters. The molecule has 134 valence electrons. The molecule has 0 N–H and O–H groups in total. The van der Waals surface area contributed by atoms with E-state index in [-0.39, 0.29) is 20.6 Å². The number of halogens is 1. The number of ether oxygens (including phenoxy) is 1. The zero-order chi connectivity index (χ0) is 18.8. The fourth-order valence-corrected chi connectivity index (χ4v) is 5.04.